The first-order valence-corrected chi connectivity index (χ1v) is 7.99. The molecule has 21 heavy (non-hydrogen) atoms. The molecule has 2 rings (SSSR count). The zero-order chi connectivity index (χ0) is 15.4. The topological polar surface area (TPSA) is 77.0 Å². The van der Waals surface area contributed by atoms with Gasteiger partial charge in [-0.2, -0.15) is 0 Å². The Hall–Kier alpha value is -1.43. The number of piperidine rings is 1. The van der Waals surface area contributed by atoms with Gasteiger partial charge in [0.15, 0.2) is 0 Å². The van der Waals surface area contributed by atoms with Gasteiger partial charge in [-0.05, 0) is 39.5 Å². The molecule has 0 saturated carbocycles. The Morgan fingerprint density at radius 3 is 2.71 bits per heavy atom. The Bertz CT molecular complexity index is 462. The van der Waals surface area contributed by atoms with E-state index in [-0.39, 0.29) is 18.5 Å². The third-order valence-corrected chi connectivity index (χ3v) is 4.31. The first-order chi connectivity index (χ1) is 10.0. The molecule has 0 aromatic carbocycles. The Kier molecular flexibility index (Phi) is 5.33. The lowest BCUT2D eigenvalue weighted by Gasteiger charge is -2.39. The lowest BCUT2D eigenvalue weighted by atomic mass is 9.97. The van der Waals surface area contributed by atoms with Crippen molar-refractivity contribution >= 4 is 5.91 Å². The van der Waals surface area contributed by atoms with E-state index in [4.69, 9.17) is 5.73 Å². The molecular weight excluding hydrogens is 266 g/mol. The number of hydrogen-bond acceptors (Lipinski definition) is 4. The van der Waals surface area contributed by atoms with Crippen molar-refractivity contribution in [2.45, 2.75) is 77.5 Å². The number of nitrogens with zero attached hydrogens (tertiary/aromatic N) is 4. The SMILES string of the molecule is CCCC(N)c1cn(CC(=O)N2C(C)CCCC2C)nn1. The summed E-state index contributed by atoms with van der Waals surface area (Å²) < 4.78 is 1.61. The molecule has 1 aliphatic heterocycles. The second-order valence-electron chi connectivity index (χ2n) is 6.17. The monoisotopic (exact) mass is 293 g/mol. The molecule has 2 N–H and O–H groups in total. The quantitative estimate of drug-likeness (QED) is 0.899. The van der Waals surface area contributed by atoms with Gasteiger partial charge in [0, 0.05) is 12.1 Å². The number of amides is 1. The summed E-state index contributed by atoms with van der Waals surface area (Å²) >= 11 is 0. The minimum absolute atomic E-state index is 0.0910. The van der Waals surface area contributed by atoms with Gasteiger partial charge in [-0.15, -0.1) is 5.10 Å². The molecule has 1 aromatic heterocycles. The summed E-state index contributed by atoms with van der Waals surface area (Å²) in [5.74, 6) is 0.121. The molecule has 3 unspecified atom stereocenters. The minimum Gasteiger partial charge on any atom is -0.336 e. The molecule has 0 aliphatic carbocycles. The molecule has 6 nitrogen and oxygen atoms in total. The van der Waals surface area contributed by atoms with E-state index < -0.39 is 0 Å². The van der Waals surface area contributed by atoms with Crippen LogP contribution < -0.4 is 5.73 Å². The van der Waals surface area contributed by atoms with Crippen LogP contribution in [-0.2, 0) is 11.3 Å². The second kappa shape index (κ2) is 7.02. The van der Waals surface area contributed by atoms with Crippen molar-refractivity contribution in [1.82, 2.24) is 19.9 Å². The number of carbonyl (C=O) groups is 1. The van der Waals surface area contributed by atoms with Crippen LogP contribution in [0.3, 0.4) is 0 Å². The van der Waals surface area contributed by atoms with Crippen LogP contribution in [0.1, 0.15) is 64.6 Å². The maximum atomic E-state index is 12.5. The molecule has 118 valence electrons. The van der Waals surface area contributed by atoms with E-state index in [1.807, 2.05) is 4.90 Å². The van der Waals surface area contributed by atoms with Crippen molar-refractivity contribution in [3.63, 3.8) is 0 Å². The van der Waals surface area contributed by atoms with Crippen LogP contribution in [0.15, 0.2) is 6.20 Å². The summed E-state index contributed by atoms with van der Waals surface area (Å²) in [4.78, 5) is 14.5. The highest BCUT2D eigenvalue weighted by molar-refractivity contribution is 5.76. The minimum atomic E-state index is -0.0910. The van der Waals surface area contributed by atoms with Gasteiger partial charge in [-0.3, -0.25) is 4.79 Å². The Balaban J connectivity index is 1.99. The predicted octanol–water partition coefficient (Wildman–Crippen LogP) is 1.87. The maximum absolute atomic E-state index is 12.5. The number of hydrogen-bond donors (Lipinski definition) is 1. The van der Waals surface area contributed by atoms with E-state index in [2.05, 4.69) is 31.1 Å². The average Bonchev–Trinajstić information content (AvgIpc) is 2.87. The number of nitrogens with two attached hydrogens (primary N) is 1. The van der Waals surface area contributed by atoms with Crippen molar-refractivity contribution in [3.8, 4) is 0 Å². The van der Waals surface area contributed by atoms with Crippen LogP contribution in [0.2, 0.25) is 0 Å². The van der Waals surface area contributed by atoms with Crippen molar-refractivity contribution in [2.24, 2.45) is 5.73 Å². The van der Waals surface area contributed by atoms with Crippen LogP contribution in [0.25, 0.3) is 0 Å². The Morgan fingerprint density at radius 2 is 2.10 bits per heavy atom. The highest BCUT2D eigenvalue weighted by atomic mass is 16.2. The van der Waals surface area contributed by atoms with Gasteiger partial charge in [0.1, 0.15) is 6.54 Å². The normalized spacial score (nSPS) is 24.1. The average molecular weight is 293 g/mol. The summed E-state index contributed by atoms with van der Waals surface area (Å²) in [6.07, 6.45) is 7.06. The van der Waals surface area contributed by atoms with E-state index in [1.165, 1.54) is 6.42 Å². The van der Waals surface area contributed by atoms with E-state index >= 15 is 0 Å². The molecular formula is C15H27N5O. The summed E-state index contributed by atoms with van der Waals surface area (Å²) in [5.41, 5.74) is 6.79. The summed E-state index contributed by atoms with van der Waals surface area (Å²) in [6, 6.07) is 0.532. The van der Waals surface area contributed by atoms with Gasteiger partial charge < -0.3 is 10.6 Å². The molecule has 3 atom stereocenters. The zero-order valence-corrected chi connectivity index (χ0v) is 13.3. The van der Waals surface area contributed by atoms with Gasteiger partial charge in [-0.1, -0.05) is 18.6 Å². The third kappa shape index (κ3) is 3.81. The Labute approximate surface area is 126 Å². The van der Waals surface area contributed by atoms with Crippen molar-refractivity contribution in [3.05, 3.63) is 11.9 Å². The van der Waals surface area contributed by atoms with Crippen LogP contribution in [0.5, 0.6) is 0 Å². The first-order valence-electron chi connectivity index (χ1n) is 7.99. The van der Waals surface area contributed by atoms with Gasteiger partial charge in [0.05, 0.1) is 17.9 Å². The smallest absolute Gasteiger partial charge is 0.244 e. The fourth-order valence-corrected chi connectivity index (χ4v) is 3.15. The van der Waals surface area contributed by atoms with Crippen LogP contribution in [-0.4, -0.2) is 37.9 Å². The summed E-state index contributed by atoms with van der Waals surface area (Å²) in [6.45, 7) is 6.59. The molecule has 0 spiro atoms. The fraction of sp³-hybridized carbons (Fsp3) is 0.800. The third-order valence-electron chi connectivity index (χ3n) is 4.31. The number of rotatable bonds is 5. The standard InChI is InChI=1S/C15H27N5O/c1-4-6-13(16)14-9-19(18-17-14)10-15(21)20-11(2)7-5-8-12(20)3/h9,11-13H,4-8,10,16H2,1-3H3. The molecule has 0 bridgehead atoms. The van der Waals surface area contributed by atoms with Crippen molar-refractivity contribution in [1.29, 1.82) is 0 Å². The second-order valence-corrected chi connectivity index (χ2v) is 6.17. The highest BCUT2D eigenvalue weighted by Gasteiger charge is 2.29. The molecule has 2 heterocycles. The van der Waals surface area contributed by atoms with E-state index in [0.717, 1.165) is 31.4 Å². The van der Waals surface area contributed by atoms with E-state index in [0.29, 0.717) is 12.1 Å². The van der Waals surface area contributed by atoms with Crippen molar-refractivity contribution in [2.75, 3.05) is 0 Å². The number of likely N-dealkylation sites (tertiary alicyclic amines) is 1. The van der Waals surface area contributed by atoms with Gasteiger partial charge in [0.2, 0.25) is 5.91 Å². The van der Waals surface area contributed by atoms with E-state index in [9.17, 15) is 4.79 Å². The molecule has 1 aliphatic rings. The highest BCUT2D eigenvalue weighted by Crippen LogP contribution is 2.22. The van der Waals surface area contributed by atoms with Gasteiger partial charge in [-0.25, -0.2) is 4.68 Å². The lowest BCUT2D eigenvalue weighted by molar-refractivity contribution is -0.138. The molecule has 1 amide bonds. The lowest BCUT2D eigenvalue weighted by Crippen LogP contribution is -2.48. The van der Waals surface area contributed by atoms with Gasteiger partial charge in [0.25, 0.3) is 0 Å². The molecule has 1 aromatic rings. The largest absolute Gasteiger partial charge is 0.336 e. The Morgan fingerprint density at radius 1 is 1.43 bits per heavy atom. The van der Waals surface area contributed by atoms with Crippen molar-refractivity contribution < 1.29 is 4.79 Å². The summed E-state index contributed by atoms with van der Waals surface area (Å²) in [7, 11) is 0. The summed E-state index contributed by atoms with van der Waals surface area (Å²) in [5, 5.41) is 8.13. The molecule has 0 radical (unpaired) electrons. The van der Waals surface area contributed by atoms with Crippen LogP contribution in [0.4, 0.5) is 0 Å². The first kappa shape index (κ1) is 15.9. The molecule has 1 saturated heterocycles. The van der Waals surface area contributed by atoms with E-state index in [1.54, 1.807) is 10.9 Å². The van der Waals surface area contributed by atoms with Crippen LogP contribution >= 0.6 is 0 Å². The zero-order valence-electron chi connectivity index (χ0n) is 13.3. The molecule has 6 heteroatoms. The fourth-order valence-electron chi connectivity index (χ4n) is 3.15. The molecule has 1 fully saturated rings. The van der Waals surface area contributed by atoms with Crippen LogP contribution in [0, 0.1) is 0 Å². The number of carbonyl (C=O) groups excluding carboxylic acids is 1. The number of aromatic nitrogens is 3. The van der Waals surface area contributed by atoms with Gasteiger partial charge >= 0.3 is 0 Å². The maximum Gasteiger partial charge on any atom is 0.244 e. The predicted molar refractivity (Wildman–Crippen MR) is 81.5 cm³/mol.